The fourth-order valence-corrected chi connectivity index (χ4v) is 0.437. The van der Waals surface area contributed by atoms with Crippen LogP contribution in [-0.4, -0.2) is 45.2 Å². The molecule has 0 aliphatic heterocycles. The van der Waals surface area contributed by atoms with Gasteiger partial charge in [0.1, 0.15) is 6.10 Å². The molecule has 0 bridgehead atoms. The van der Waals surface area contributed by atoms with E-state index in [4.69, 9.17) is 20.4 Å². The Morgan fingerprint density at radius 3 is 2.10 bits per heavy atom. The summed E-state index contributed by atoms with van der Waals surface area (Å²) in [7, 11) is 0. The van der Waals surface area contributed by atoms with Crippen molar-refractivity contribution >= 4 is 5.97 Å². The van der Waals surface area contributed by atoms with Crippen molar-refractivity contribution in [1.29, 1.82) is 0 Å². The number of carboxylic acids is 1. The minimum atomic E-state index is -1.39. The minimum Gasteiger partial charge on any atom is -0.481 e. The van der Waals surface area contributed by atoms with Gasteiger partial charge in [0.05, 0.1) is 19.1 Å². The van der Waals surface area contributed by atoms with Gasteiger partial charge in [-0.1, -0.05) is 0 Å². The van der Waals surface area contributed by atoms with E-state index < -0.39 is 31.2 Å². The molecule has 5 heteroatoms. The Hall–Kier alpha value is -0.650. The number of carboxylic acid groups (broad SMARTS) is 1. The molecule has 0 radical (unpaired) electrons. The van der Waals surface area contributed by atoms with E-state index in [1.54, 1.807) is 0 Å². The summed E-state index contributed by atoms with van der Waals surface area (Å²) in [6.45, 7) is -0.631. The molecule has 5 nitrogen and oxygen atoms in total. The largest absolute Gasteiger partial charge is 0.481 e. The number of hydrogen-bond acceptors (Lipinski definition) is 4. The first-order valence-corrected chi connectivity index (χ1v) is 2.76. The first-order chi connectivity index (χ1) is 4.57. The third-order valence-electron chi connectivity index (χ3n) is 1.01. The average molecular weight is 150 g/mol. The zero-order valence-electron chi connectivity index (χ0n) is 5.27. The van der Waals surface area contributed by atoms with Gasteiger partial charge in [-0.25, -0.2) is 0 Å². The Morgan fingerprint density at radius 1 is 1.30 bits per heavy atom. The van der Waals surface area contributed by atoms with Crippen LogP contribution in [0.3, 0.4) is 0 Å². The molecule has 0 saturated carbocycles. The Bertz CT molecular complexity index is 113. The molecular weight excluding hydrogens is 140 g/mol. The number of hydrogen-bond donors (Lipinski definition) is 4. The SMILES string of the molecule is O=C(O)CC(O)C(O)CO. The minimum absolute atomic E-state index is 0.554. The first-order valence-electron chi connectivity index (χ1n) is 2.76. The zero-order chi connectivity index (χ0) is 8.15. The molecule has 2 atom stereocenters. The lowest BCUT2D eigenvalue weighted by Crippen LogP contribution is -2.31. The zero-order valence-corrected chi connectivity index (χ0v) is 5.27. The van der Waals surface area contributed by atoms with Crippen LogP contribution in [0.4, 0.5) is 0 Å². The third kappa shape index (κ3) is 3.39. The maximum atomic E-state index is 9.88. The van der Waals surface area contributed by atoms with Gasteiger partial charge in [0.25, 0.3) is 0 Å². The van der Waals surface area contributed by atoms with Crippen LogP contribution in [0.2, 0.25) is 0 Å². The lowest BCUT2D eigenvalue weighted by molar-refractivity contribution is -0.141. The van der Waals surface area contributed by atoms with Crippen molar-refractivity contribution in [3.8, 4) is 0 Å². The van der Waals surface area contributed by atoms with Crippen molar-refractivity contribution in [2.45, 2.75) is 18.6 Å². The number of carbonyl (C=O) groups is 1. The van der Waals surface area contributed by atoms with Crippen LogP contribution >= 0.6 is 0 Å². The van der Waals surface area contributed by atoms with Crippen molar-refractivity contribution in [2.75, 3.05) is 6.61 Å². The van der Waals surface area contributed by atoms with Crippen LogP contribution in [0.15, 0.2) is 0 Å². The Labute approximate surface area is 57.5 Å². The molecule has 10 heavy (non-hydrogen) atoms. The molecule has 0 aromatic carbocycles. The predicted octanol–water partition coefficient (Wildman–Crippen LogP) is -1.82. The molecule has 2 unspecified atom stereocenters. The van der Waals surface area contributed by atoms with Crippen molar-refractivity contribution in [1.82, 2.24) is 0 Å². The van der Waals surface area contributed by atoms with E-state index in [0.29, 0.717) is 0 Å². The number of aliphatic hydroxyl groups excluding tert-OH is 3. The highest BCUT2D eigenvalue weighted by Gasteiger charge is 2.17. The molecule has 60 valence electrons. The highest BCUT2D eigenvalue weighted by atomic mass is 16.4. The van der Waals surface area contributed by atoms with Gasteiger partial charge in [0.2, 0.25) is 0 Å². The monoisotopic (exact) mass is 150 g/mol. The quantitative estimate of drug-likeness (QED) is 0.378. The molecule has 0 amide bonds. The van der Waals surface area contributed by atoms with E-state index in [-0.39, 0.29) is 0 Å². The predicted molar refractivity (Wildman–Crippen MR) is 31.4 cm³/mol. The highest BCUT2D eigenvalue weighted by Crippen LogP contribution is 1.97. The molecule has 0 aromatic heterocycles. The Morgan fingerprint density at radius 2 is 1.80 bits per heavy atom. The molecule has 0 aromatic rings. The maximum absolute atomic E-state index is 9.88. The summed E-state index contributed by atoms with van der Waals surface area (Å²) in [5.74, 6) is -1.21. The molecule has 4 N–H and O–H groups in total. The number of aliphatic hydroxyl groups is 3. The van der Waals surface area contributed by atoms with Crippen molar-refractivity contribution < 1.29 is 25.2 Å². The first kappa shape index (κ1) is 9.35. The van der Waals surface area contributed by atoms with E-state index >= 15 is 0 Å². The smallest absolute Gasteiger partial charge is 0.306 e. The lowest BCUT2D eigenvalue weighted by Gasteiger charge is -2.12. The van der Waals surface area contributed by atoms with E-state index in [0.717, 1.165) is 0 Å². The van der Waals surface area contributed by atoms with Gasteiger partial charge in [-0.15, -0.1) is 0 Å². The summed E-state index contributed by atoms with van der Waals surface area (Å²) in [5.41, 5.74) is 0. The van der Waals surface area contributed by atoms with Gasteiger partial charge >= 0.3 is 5.97 Å². The fraction of sp³-hybridized carbons (Fsp3) is 0.800. The summed E-state index contributed by atoms with van der Waals surface area (Å²) >= 11 is 0. The summed E-state index contributed by atoms with van der Waals surface area (Å²) in [6.07, 6.45) is -3.31. The van der Waals surface area contributed by atoms with E-state index in [9.17, 15) is 4.79 Å². The van der Waals surface area contributed by atoms with Gasteiger partial charge in [0.15, 0.2) is 0 Å². The maximum Gasteiger partial charge on any atom is 0.306 e. The van der Waals surface area contributed by atoms with Crippen LogP contribution in [0.25, 0.3) is 0 Å². The molecule has 0 aliphatic rings. The highest BCUT2D eigenvalue weighted by molar-refractivity contribution is 5.67. The Balaban J connectivity index is 3.61. The van der Waals surface area contributed by atoms with Gasteiger partial charge in [-0.2, -0.15) is 0 Å². The van der Waals surface area contributed by atoms with Gasteiger partial charge in [-0.3, -0.25) is 4.79 Å². The van der Waals surface area contributed by atoms with Gasteiger partial charge in [0, 0.05) is 0 Å². The second kappa shape index (κ2) is 4.21. The lowest BCUT2D eigenvalue weighted by atomic mass is 10.1. The molecule has 0 aliphatic carbocycles. The number of aliphatic carboxylic acids is 1. The topological polar surface area (TPSA) is 98.0 Å². The van der Waals surface area contributed by atoms with E-state index in [2.05, 4.69) is 0 Å². The van der Waals surface area contributed by atoms with Crippen LogP contribution in [0.1, 0.15) is 6.42 Å². The van der Waals surface area contributed by atoms with E-state index in [1.165, 1.54) is 0 Å². The van der Waals surface area contributed by atoms with Crippen LogP contribution in [-0.2, 0) is 4.79 Å². The van der Waals surface area contributed by atoms with Gasteiger partial charge < -0.3 is 20.4 Å². The van der Waals surface area contributed by atoms with Crippen LogP contribution < -0.4 is 0 Å². The second-order valence-electron chi connectivity index (χ2n) is 1.92. The summed E-state index contributed by atoms with van der Waals surface area (Å²) in [6, 6.07) is 0. The normalized spacial score (nSPS) is 16.3. The number of rotatable bonds is 4. The average Bonchev–Trinajstić information content (AvgIpc) is 1.85. The van der Waals surface area contributed by atoms with E-state index in [1.807, 2.05) is 0 Å². The summed E-state index contributed by atoms with van der Waals surface area (Å²) < 4.78 is 0. The summed E-state index contributed by atoms with van der Waals surface area (Å²) in [5, 5.41) is 33.6. The third-order valence-corrected chi connectivity index (χ3v) is 1.01. The molecule has 0 saturated heterocycles. The molecule has 0 rings (SSSR count). The van der Waals surface area contributed by atoms with Crippen molar-refractivity contribution in [3.63, 3.8) is 0 Å². The molecular formula is C5H10O5. The molecule has 0 fully saturated rings. The van der Waals surface area contributed by atoms with Crippen LogP contribution in [0, 0.1) is 0 Å². The molecule has 0 heterocycles. The summed E-state index contributed by atoms with van der Waals surface area (Å²) in [4.78, 5) is 9.88. The standard InChI is InChI=1S/C5H10O5/c6-2-4(8)3(7)1-5(9)10/h3-4,6-8H,1-2H2,(H,9,10). The molecule has 0 spiro atoms. The Kier molecular flexibility index (Phi) is 3.94. The fourth-order valence-electron chi connectivity index (χ4n) is 0.437. The van der Waals surface area contributed by atoms with Crippen LogP contribution in [0.5, 0.6) is 0 Å². The second-order valence-corrected chi connectivity index (χ2v) is 1.92. The van der Waals surface area contributed by atoms with Crippen molar-refractivity contribution in [2.24, 2.45) is 0 Å². The van der Waals surface area contributed by atoms with Crippen molar-refractivity contribution in [3.05, 3.63) is 0 Å². The van der Waals surface area contributed by atoms with Gasteiger partial charge in [-0.05, 0) is 0 Å².